The third kappa shape index (κ3) is 4.03. The fraction of sp³-hybridized carbons (Fsp3) is 1.00. The third-order valence-electron chi connectivity index (χ3n) is 3.35. The molecule has 2 atom stereocenters. The maximum Gasteiger partial charge on any atom is 0.475 e. The summed E-state index contributed by atoms with van der Waals surface area (Å²) in [7, 11) is -9.51. The second kappa shape index (κ2) is 7.61. The van der Waals surface area contributed by atoms with Crippen LogP contribution in [0.4, 0.5) is 0 Å². The topological polar surface area (TPSA) is 55.4 Å². The maximum absolute atomic E-state index is 6.38. The summed E-state index contributed by atoms with van der Waals surface area (Å²) in [6, 6.07) is 4.15. The Morgan fingerprint density at radius 2 is 1.00 bits per heavy atom. The fourth-order valence-corrected chi connectivity index (χ4v) is 22.4. The van der Waals surface area contributed by atoms with Gasteiger partial charge in [-0.1, -0.05) is 34.6 Å². The van der Waals surface area contributed by atoms with Crippen molar-refractivity contribution >= 4 is 45.5 Å². The molecular formula is C10H25O6Si5. The van der Waals surface area contributed by atoms with Crippen LogP contribution in [-0.4, -0.2) is 45.5 Å². The van der Waals surface area contributed by atoms with Crippen molar-refractivity contribution < 1.29 is 24.7 Å². The van der Waals surface area contributed by atoms with E-state index in [9.17, 15) is 0 Å². The molecule has 2 unspecified atom stereocenters. The van der Waals surface area contributed by atoms with E-state index >= 15 is 0 Å². The summed E-state index contributed by atoms with van der Waals surface area (Å²) in [6.45, 7) is 10.4. The van der Waals surface area contributed by atoms with Crippen molar-refractivity contribution in [2.45, 2.75) is 64.8 Å². The molecule has 3 radical (unpaired) electrons. The second-order valence-corrected chi connectivity index (χ2v) is 18.3. The summed E-state index contributed by atoms with van der Waals surface area (Å²) >= 11 is 0. The lowest BCUT2D eigenvalue weighted by Crippen LogP contribution is -2.71. The number of hydrogen-bond acceptors (Lipinski definition) is 6. The molecule has 2 rings (SSSR count). The molecule has 0 spiro atoms. The van der Waals surface area contributed by atoms with Crippen molar-refractivity contribution in [3.8, 4) is 0 Å². The first-order valence-corrected chi connectivity index (χ1v) is 16.2. The van der Waals surface area contributed by atoms with Gasteiger partial charge in [-0.05, 0) is 18.1 Å². The predicted octanol–water partition coefficient (Wildman–Crippen LogP) is 2.56. The van der Waals surface area contributed by atoms with Crippen molar-refractivity contribution in [1.82, 2.24) is 0 Å². The second-order valence-electron chi connectivity index (χ2n) is 4.86. The molecule has 0 amide bonds. The predicted molar refractivity (Wildman–Crippen MR) is 87.7 cm³/mol. The van der Waals surface area contributed by atoms with Crippen LogP contribution in [0, 0.1) is 0 Å². The monoisotopic (exact) mass is 381 g/mol. The van der Waals surface area contributed by atoms with Crippen molar-refractivity contribution in [3.63, 3.8) is 0 Å². The van der Waals surface area contributed by atoms with E-state index < -0.39 is 45.5 Å². The van der Waals surface area contributed by atoms with E-state index in [1.807, 2.05) is 0 Å². The summed E-state index contributed by atoms with van der Waals surface area (Å²) in [4.78, 5) is 0. The van der Waals surface area contributed by atoms with E-state index in [1.165, 1.54) is 0 Å². The van der Waals surface area contributed by atoms with Crippen LogP contribution in [0.3, 0.4) is 0 Å². The molecule has 2 heterocycles. The van der Waals surface area contributed by atoms with Gasteiger partial charge in [-0.25, -0.2) is 0 Å². The molecule has 6 nitrogen and oxygen atoms in total. The van der Waals surface area contributed by atoms with Gasteiger partial charge in [-0.2, -0.15) is 0 Å². The highest BCUT2D eigenvalue weighted by atomic mass is 28.6. The van der Waals surface area contributed by atoms with E-state index in [0.29, 0.717) is 0 Å². The Morgan fingerprint density at radius 1 is 0.619 bits per heavy atom. The molecule has 2 aliphatic rings. The van der Waals surface area contributed by atoms with Crippen LogP contribution in [0.15, 0.2) is 0 Å². The molecule has 2 saturated heterocycles. The molecule has 21 heavy (non-hydrogen) atoms. The minimum atomic E-state index is -2.70. The molecule has 11 heteroatoms. The Bertz CT molecular complexity index is 321. The van der Waals surface area contributed by atoms with E-state index in [1.54, 1.807) is 0 Å². The molecule has 2 aliphatic heterocycles. The van der Waals surface area contributed by atoms with Crippen LogP contribution in [-0.2, 0) is 24.7 Å². The van der Waals surface area contributed by atoms with Gasteiger partial charge in [0, 0.05) is 12.1 Å². The first-order chi connectivity index (χ1) is 10.0. The summed E-state index contributed by atoms with van der Waals surface area (Å²) in [5.74, 6) is 0. The fourth-order valence-electron chi connectivity index (χ4n) is 2.11. The van der Waals surface area contributed by atoms with Gasteiger partial charge in [-0.3, -0.25) is 0 Å². The third-order valence-corrected chi connectivity index (χ3v) is 19.7. The molecule has 0 aromatic rings. The Hall–Kier alpha value is 0.844. The highest BCUT2D eigenvalue weighted by molar-refractivity contribution is 6.90. The van der Waals surface area contributed by atoms with Gasteiger partial charge in [-0.15, -0.1) is 0 Å². The lowest BCUT2D eigenvalue weighted by molar-refractivity contribution is 0.103. The molecule has 0 aromatic heterocycles. The quantitative estimate of drug-likeness (QED) is 0.682. The van der Waals surface area contributed by atoms with Gasteiger partial charge >= 0.3 is 45.5 Å². The molecule has 2 bridgehead atoms. The zero-order valence-corrected chi connectivity index (χ0v) is 18.5. The van der Waals surface area contributed by atoms with Gasteiger partial charge in [0.15, 0.2) is 0 Å². The average Bonchev–Trinajstić information content (AvgIpc) is 2.51. The molecule has 0 aromatic carbocycles. The van der Waals surface area contributed by atoms with Crippen molar-refractivity contribution in [2.75, 3.05) is 0 Å². The molecule has 121 valence electrons. The zero-order valence-electron chi connectivity index (χ0n) is 13.5. The normalized spacial score (nSPS) is 36.4. The number of hydrogen-bond donors (Lipinski definition) is 0. The molecule has 2 fully saturated rings. The summed E-state index contributed by atoms with van der Waals surface area (Å²) in [5.41, 5.74) is 0. The molecule has 0 saturated carbocycles. The summed E-state index contributed by atoms with van der Waals surface area (Å²) < 4.78 is 37.6. The van der Waals surface area contributed by atoms with E-state index in [0.717, 1.165) is 30.2 Å². The van der Waals surface area contributed by atoms with Crippen LogP contribution in [0.2, 0.25) is 30.2 Å². The first kappa shape index (κ1) is 18.2. The van der Waals surface area contributed by atoms with Crippen LogP contribution in [0.5, 0.6) is 0 Å². The highest BCUT2D eigenvalue weighted by Crippen LogP contribution is 2.35. The minimum Gasteiger partial charge on any atom is -0.414 e. The van der Waals surface area contributed by atoms with Crippen LogP contribution in [0.1, 0.15) is 34.6 Å². The lowest BCUT2D eigenvalue weighted by Gasteiger charge is -2.48. The Balaban J connectivity index is 2.32. The van der Waals surface area contributed by atoms with E-state index in [-0.39, 0.29) is 0 Å². The largest absolute Gasteiger partial charge is 0.475 e. The Kier molecular flexibility index (Phi) is 6.59. The average molecular weight is 382 g/mol. The number of fused-ring (bicyclic) bond motifs is 2. The smallest absolute Gasteiger partial charge is 0.414 e. The van der Waals surface area contributed by atoms with Gasteiger partial charge in [0.1, 0.15) is 0 Å². The minimum absolute atomic E-state index is 0.758. The van der Waals surface area contributed by atoms with Crippen molar-refractivity contribution in [1.29, 1.82) is 0 Å². The van der Waals surface area contributed by atoms with Crippen LogP contribution in [0.25, 0.3) is 0 Å². The molecule has 0 N–H and O–H groups in total. The summed E-state index contributed by atoms with van der Waals surface area (Å²) in [6.07, 6.45) is 0. The molecule has 0 aliphatic carbocycles. The SMILES string of the molecule is CC[Si]1O[Si](CC)O[Si]2(CC)O[Si](CC)O[Si](CC)(O1)O2. The van der Waals surface area contributed by atoms with E-state index in [4.69, 9.17) is 24.7 Å². The zero-order chi connectivity index (χ0) is 15.5. The Morgan fingerprint density at radius 3 is 1.33 bits per heavy atom. The number of rotatable bonds is 5. The standard InChI is InChI=1S/C10H25O6Si5/c1-6-17-11-18(7-2)13-21(10-5)15-19(8-3)14-20(9-4,12-17)16-21/h6-10H2,1-5H3. The van der Waals surface area contributed by atoms with Crippen LogP contribution < -0.4 is 0 Å². The highest BCUT2D eigenvalue weighted by Gasteiger charge is 2.62. The van der Waals surface area contributed by atoms with Gasteiger partial charge in [0.25, 0.3) is 0 Å². The lowest BCUT2D eigenvalue weighted by atomic mass is 11.0. The van der Waals surface area contributed by atoms with Crippen molar-refractivity contribution in [3.05, 3.63) is 0 Å². The Labute approximate surface area is 135 Å². The first-order valence-electron chi connectivity index (χ1n) is 7.75. The van der Waals surface area contributed by atoms with Crippen LogP contribution >= 0.6 is 0 Å². The van der Waals surface area contributed by atoms with E-state index in [2.05, 4.69) is 34.6 Å². The molecular weight excluding hydrogens is 357 g/mol. The van der Waals surface area contributed by atoms with Gasteiger partial charge in [0.2, 0.25) is 0 Å². The van der Waals surface area contributed by atoms with Gasteiger partial charge < -0.3 is 24.7 Å². The van der Waals surface area contributed by atoms with Crippen molar-refractivity contribution in [2.24, 2.45) is 0 Å². The summed E-state index contributed by atoms with van der Waals surface area (Å²) in [5, 5.41) is 0. The van der Waals surface area contributed by atoms with Gasteiger partial charge in [0.05, 0.1) is 0 Å². The maximum atomic E-state index is 6.38.